The highest BCUT2D eigenvalue weighted by atomic mass is 127. The van der Waals surface area contributed by atoms with Crippen molar-refractivity contribution in [3.05, 3.63) is 66.7 Å². The van der Waals surface area contributed by atoms with E-state index in [2.05, 4.69) is 79.9 Å². The van der Waals surface area contributed by atoms with Gasteiger partial charge < -0.3 is 5.32 Å². The Balaban J connectivity index is 2.61. The molecule has 112 valence electrons. The van der Waals surface area contributed by atoms with Gasteiger partial charge in [0.25, 0.3) is 0 Å². The van der Waals surface area contributed by atoms with E-state index in [1.54, 1.807) is 0 Å². The molecule has 21 heavy (non-hydrogen) atoms. The van der Waals surface area contributed by atoms with Crippen LogP contribution in [0.2, 0.25) is 5.02 Å². The van der Waals surface area contributed by atoms with Gasteiger partial charge in [-0.25, -0.2) is 0 Å². The van der Waals surface area contributed by atoms with Gasteiger partial charge >= 0.3 is 0 Å². The van der Waals surface area contributed by atoms with Crippen molar-refractivity contribution in [2.75, 3.05) is 6.54 Å². The van der Waals surface area contributed by atoms with Gasteiger partial charge in [-0.15, -0.1) is 0 Å². The first-order valence-electron chi connectivity index (χ1n) is 7.20. The van der Waals surface area contributed by atoms with Crippen molar-refractivity contribution < 1.29 is 0 Å². The fraction of sp³-hybridized carbons (Fsp3) is 0.333. The van der Waals surface area contributed by atoms with Crippen molar-refractivity contribution in [1.29, 1.82) is 0 Å². The Morgan fingerprint density at radius 3 is 2.29 bits per heavy atom. The first-order valence-corrected chi connectivity index (χ1v) is 8.65. The molecule has 1 nitrogen and oxygen atoms in total. The highest BCUT2D eigenvalue weighted by Crippen LogP contribution is 2.32. The summed E-state index contributed by atoms with van der Waals surface area (Å²) in [7, 11) is 0. The molecular weight excluding hydrogens is 393 g/mol. The zero-order valence-corrected chi connectivity index (χ0v) is 15.8. The van der Waals surface area contributed by atoms with Crippen LogP contribution >= 0.6 is 34.2 Å². The molecule has 2 aromatic carbocycles. The minimum atomic E-state index is 0.182. The molecule has 0 saturated carbocycles. The van der Waals surface area contributed by atoms with Gasteiger partial charge in [0.05, 0.1) is 6.04 Å². The van der Waals surface area contributed by atoms with Gasteiger partial charge in [-0.2, -0.15) is 0 Å². The third-order valence-electron chi connectivity index (χ3n) is 3.70. The maximum atomic E-state index is 6.22. The fourth-order valence-corrected chi connectivity index (χ4v) is 3.78. The van der Waals surface area contributed by atoms with E-state index in [1.165, 1.54) is 31.4 Å². The lowest BCUT2D eigenvalue weighted by Crippen LogP contribution is -2.24. The van der Waals surface area contributed by atoms with Crippen LogP contribution in [0, 0.1) is 24.3 Å². The molecule has 1 unspecified atom stereocenters. The van der Waals surface area contributed by atoms with E-state index in [1.807, 2.05) is 6.07 Å². The van der Waals surface area contributed by atoms with E-state index in [-0.39, 0.29) is 6.04 Å². The summed E-state index contributed by atoms with van der Waals surface area (Å²) in [5.74, 6) is 0. The number of benzene rings is 2. The summed E-state index contributed by atoms with van der Waals surface area (Å²) in [6.45, 7) is 9.59. The molecule has 0 radical (unpaired) electrons. The molecular formula is C18H21ClIN. The van der Waals surface area contributed by atoms with Gasteiger partial charge in [-0.1, -0.05) is 36.2 Å². The molecule has 0 saturated heterocycles. The van der Waals surface area contributed by atoms with Crippen LogP contribution in [0.3, 0.4) is 0 Å². The summed E-state index contributed by atoms with van der Waals surface area (Å²) in [5, 5.41) is 4.41. The largest absolute Gasteiger partial charge is 0.306 e. The zero-order chi connectivity index (χ0) is 15.6. The van der Waals surface area contributed by atoms with Crippen LogP contribution in [0.5, 0.6) is 0 Å². The van der Waals surface area contributed by atoms with Gasteiger partial charge in [0.15, 0.2) is 0 Å². The van der Waals surface area contributed by atoms with Crippen molar-refractivity contribution in [2.24, 2.45) is 0 Å². The molecule has 2 aromatic rings. The molecule has 1 atom stereocenters. The highest BCUT2D eigenvalue weighted by Gasteiger charge is 2.20. The Labute approximate surface area is 146 Å². The monoisotopic (exact) mass is 413 g/mol. The number of halogens is 2. The molecule has 0 bridgehead atoms. The maximum absolute atomic E-state index is 6.22. The maximum Gasteiger partial charge on any atom is 0.0592 e. The molecule has 0 spiro atoms. The molecule has 2 rings (SSSR count). The van der Waals surface area contributed by atoms with E-state index in [9.17, 15) is 0 Å². The van der Waals surface area contributed by atoms with E-state index < -0.39 is 0 Å². The second-order valence-electron chi connectivity index (χ2n) is 5.47. The number of hydrogen-bond acceptors (Lipinski definition) is 1. The van der Waals surface area contributed by atoms with Gasteiger partial charge in [-0.3, -0.25) is 0 Å². The molecule has 0 aliphatic heterocycles. The summed E-state index contributed by atoms with van der Waals surface area (Å²) in [6, 6.07) is 10.8. The summed E-state index contributed by atoms with van der Waals surface area (Å²) in [4.78, 5) is 0. The lowest BCUT2D eigenvalue weighted by Gasteiger charge is -2.25. The quantitative estimate of drug-likeness (QED) is 0.646. The van der Waals surface area contributed by atoms with Crippen LogP contribution in [-0.4, -0.2) is 6.54 Å². The van der Waals surface area contributed by atoms with Gasteiger partial charge in [-0.05, 0) is 90.4 Å². The van der Waals surface area contributed by atoms with Crippen LogP contribution in [-0.2, 0) is 0 Å². The second-order valence-corrected chi connectivity index (χ2v) is 7.07. The number of hydrogen-bond donors (Lipinski definition) is 1. The summed E-state index contributed by atoms with van der Waals surface area (Å²) in [6.07, 6.45) is 0. The first kappa shape index (κ1) is 16.8. The van der Waals surface area contributed by atoms with Crippen molar-refractivity contribution in [3.8, 4) is 0 Å². The van der Waals surface area contributed by atoms with Gasteiger partial charge in [0.1, 0.15) is 0 Å². The average Bonchev–Trinajstić information content (AvgIpc) is 2.39. The first-order chi connectivity index (χ1) is 9.93. The molecule has 0 aromatic heterocycles. The molecule has 0 fully saturated rings. The average molecular weight is 414 g/mol. The van der Waals surface area contributed by atoms with Crippen LogP contribution < -0.4 is 5.32 Å². The van der Waals surface area contributed by atoms with Crippen LogP contribution in [0.25, 0.3) is 0 Å². The molecule has 0 heterocycles. The van der Waals surface area contributed by atoms with Gasteiger partial charge in [0.2, 0.25) is 0 Å². The van der Waals surface area contributed by atoms with Crippen molar-refractivity contribution in [2.45, 2.75) is 33.7 Å². The van der Waals surface area contributed by atoms with Crippen molar-refractivity contribution in [3.63, 3.8) is 0 Å². The van der Waals surface area contributed by atoms with Crippen molar-refractivity contribution in [1.82, 2.24) is 5.32 Å². The van der Waals surface area contributed by atoms with E-state index in [4.69, 9.17) is 11.6 Å². The molecule has 3 heteroatoms. The van der Waals surface area contributed by atoms with E-state index >= 15 is 0 Å². The van der Waals surface area contributed by atoms with Crippen LogP contribution in [0.4, 0.5) is 0 Å². The lowest BCUT2D eigenvalue weighted by molar-refractivity contribution is 0.622. The van der Waals surface area contributed by atoms with E-state index in [0.29, 0.717) is 0 Å². The Kier molecular flexibility index (Phi) is 5.69. The highest BCUT2D eigenvalue weighted by molar-refractivity contribution is 14.1. The predicted molar refractivity (Wildman–Crippen MR) is 100 cm³/mol. The Bertz CT molecular complexity index is 629. The summed E-state index contributed by atoms with van der Waals surface area (Å²) >= 11 is 8.61. The number of rotatable bonds is 4. The molecule has 0 aliphatic rings. The third kappa shape index (κ3) is 3.79. The normalized spacial score (nSPS) is 12.5. The predicted octanol–water partition coefficient (Wildman–Crippen LogP) is 5.57. The number of aryl methyl sites for hydroxylation is 3. The minimum absolute atomic E-state index is 0.182. The van der Waals surface area contributed by atoms with Gasteiger partial charge in [0, 0.05) is 8.59 Å². The Morgan fingerprint density at radius 2 is 1.71 bits per heavy atom. The van der Waals surface area contributed by atoms with Crippen LogP contribution in [0.1, 0.15) is 40.8 Å². The fourth-order valence-electron chi connectivity index (χ4n) is 2.95. The topological polar surface area (TPSA) is 12.0 Å². The molecule has 0 amide bonds. The molecule has 0 aliphatic carbocycles. The van der Waals surface area contributed by atoms with Crippen molar-refractivity contribution >= 4 is 34.2 Å². The second kappa shape index (κ2) is 7.12. The van der Waals surface area contributed by atoms with Crippen LogP contribution in [0.15, 0.2) is 30.3 Å². The minimum Gasteiger partial charge on any atom is -0.306 e. The summed E-state index contributed by atoms with van der Waals surface area (Å²) < 4.78 is 1.24. The molecule has 1 N–H and O–H groups in total. The lowest BCUT2D eigenvalue weighted by atomic mass is 9.90. The Morgan fingerprint density at radius 1 is 1.10 bits per heavy atom. The summed E-state index contributed by atoms with van der Waals surface area (Å²) in [5.41, 5.74) is 6.58. The Hall–Kier alpha value is -0.580. The standard InChI is InChI=1S/C18H21ClIN/c1-5-21-18(15-10-14(19)6-7-16(15)20)17-12(3)8-11(2)9-13(17)4/h6-10,18,21H,5H2,1-4H3. The SMILES string of the molecule is CCNC(c1cc(Cl)ccc1I)c1c(C)cc(C)cc1C. The third-order valence-corrected chi connectivity index (χ3v) is 4.92. The smallest absolute Gasteiger partial charge is 0.0592 e. The zero-order valence-electron chi connectivity index (χ0n) is 12.9. The number of nitrogens with one attached hydrogen (secondary N) is 1. The van der Waals surface area contributed by atoms with E-state index in [0.717, 1.165) is 11.6 Å².